The van der Waals surface area contributed by atoms with Crippen molar-refractivity contribution in [2.45, 2.75) is 33.9 Å². The zero-order valence-corrected chi connectivity index (χ0v) is 12.2. The third kappa shape index (κ3) is 1.98. The lowest BCUT2D eigenvalue weighted by Gasteiger charge is -2.11. The highest BCUT2D eigenvalue weighted by molar-refractivity contribution is 6.08. The minimum Gasteiger partial charge on any atom is -0.390 e. The summed E-state index contributed by atoms with van der Waals surface area (Å²) in [5.74, 6) is 0.575. The number of rotatable bonds is 3. The Balaban J connectivity index is 2.44. The molecule has 1 aromatic carbocycles. The van der Waals surface area contributed by atoms with E-state index in [9.17, 15) is 5.11 Å². The second-order valence-electron chi connectivity index (χ2n) is 5.77. The van der Waals surface area contributed by atoms with Gasteiger partial charge in [-0.1, -0.05) is 32.0 Å². The first-order chi connectivity index (χ1) is 9.61. The van der Waals surface area contributed by atoms with Crippen molar-refractivity contribution in [3.63, 3.8) is 0 Å². The molecule has 0 aliphatic carbocycles. The monoisotopic (exact) mass is 268 g/mol. The van der Waals surface area contributed by atoms with E-state index in [-0.39, 0.29) is 6.61 Å². The summed E-state index contributed by atoms with van der Waals surface area (Å²) in [4.78, 5) is 4.51. The highest BCUT2D eigenvalue weighted by Gasteiger charge is 2.14. The topological polar surface area (TPSA) is 38.1 Å². The van der Waals surface area contributed by atoms with Gasteiger partial charge in [0, 0.05) is 22.8 Å². The molecule has 2 heterocycles. The molecule has 0 bridgehead atoms. The average molecular weight is 268 g/mol. The molecule has 0 saturated carbocycles. The van der Waals surface area contributed by atoms with Crippen molar-refractivity contribution in [2.24, 2.45) is 5.92 Å². The standard InChI is InChI=1S/C17H20N2O/c1-11(2)9-19-16-7-5-4-6-14(16)15-8-13(10-20)18-12(3)17(15)19/h4-8,11,20H,9-10H2,1-3H3. The van der Waals surface area contributed by atoms with Crippen molar-refractivity contribution >= 4 is 21.8 Å². The van der Waals surface area contributed by atoms with Crippen LogP contribution >= 0.6 is 0 Å². The first-order valence-electron chi connectivity index (χ1n) is 7.10. The summed E-state index contributed by atoms with van der Waals surface area (Å²) >= 11 is 0. The molecule has 0 atom stereocenters. The summed E-state index contributed by atoms with van der Waals surface area (Å²) in [6, 6.07) is 10.5. The van der Waals surface area contributed by atoms with Gasteiger partial charge in [-0.2, -0.15) is 0 Å². The molecule has 3 heteroatoms. The van der Waals surface area contributed by atoms with E-state index in [1.54, 1.807) is 0 Å². The molecule has 0 aliphatic heterocycles. The minimum atomic E-state index is -0.0134. The quantitative estimate of drug-likeness (QED) is 0.787. The molecule has 104 valence electrons. The Morgan fingerprint density at radius 2 is 1.95 bits per heavy atom. The van der Waals surface area contributed by atoms with Gasteiger partial charge in [-0.05, 0) is 25.0 Å². The Hall–Kier alpha value is -1.87. The van der Waals surface area contributed by atoms with E-state index in [4.69, 9.17) is 0 Å². The molecule has 20 heavy (non-hydrogen) atoms. The first kappa shape index (κ1) is 13.1. The molecule has 0 radical (unpaired) electrons. The van der Waals surface area contributed by atoms with Crippen LogP contribution in [0.4, 0.5) is 0 Å². The van der Waals surface area contributed by atoms with Crippen molar-refractivity contribution in [1.29, 1.82) is 0 Å². The number of aromatic nitrogens is 2. The second-order valence-corrected chi connectivity index (χ2v) is 5.77. The molecule has 0 unspecified atom stereocenters. The number of fused-ring (bicyclic) bond motifs is 3. The third-order valence-corrected chi connectivity index (χ3v) is 3.68. The number of benzene rings is 1. The molecule has 2 aromatic heterocycles. The molecule has 0 amide bonds. The van der Waals surface area contributed by atoms with Crippen LogP contribution in [0.3, 0.4) is 0 Å². The average Bonchev–Trinajstić information content (AvgIpc) is 2.73. The van der Waals surface area contributed by atoms with Crippen molar-refractivity contribution < 1.29 is 5.11 Å². The van der Waals surface area contributed by atoms with Crippen molar-refractivity contribution in [3.05, 3.63) is 41.7 Å². The fraction of sp³-hybridized carbons (Fsp3) is 0.353. The fourth-order valence-corrected chi connectivity index (χ4v) is 2.97. The predicted molar refractivity (Wildman–Crippen MR) is 82.7 cm³/mol. The molecule has 3 rings (SSSR count). The van der Waals surface area contributed by atoms with Crippen LogP contribution in [0.5, 0.6) is 0 Å². The summed E-state index contributed by atoms with van der Waals surface area (Å²) in [6.45, 7) is 7.44. The van der Waals surface area contributed by atoms with E-state index in [1.165, 1.54) is 21.8 Å². The number of pyridine rings is 1. The van der Waals surface area contributed by atoms with Gasteiger partial charge >= 0.3 is 0 Å². The number of aliphatic hydroxyl groups excluding tert-OH is 1. The summed E-state index contributed by atoms with van der Waals surface area (Å²) in [6.07, 6.45) is 0. The van der Waals surface area contributed by atoms with Crippen LogP contribution < -0.4 is 0 Å². The third-order valence-electron chi connectivity index (χ3n) is 3.68. The summed E-state index contributed by atoms with van der Waals surface area (Å²) in [5.41, 5.74) is 4.17. The van der Waals surface area contributed by atoms with Gasteiger partial charge in [-0.15, -0.1) is 0 Å². The van der Waals surface area contributed by atoms with Gasteiger partial charge < -0.3 is 9.67 Å². The van der Waals surface area contributed by atoms with Crippen LogP contribution in [0.2, 0.25) is 0 Å². The smallest absolute Gasteiger partial charge is 0.0853 e. The summed E-state index contributed by atoms with van der Waals surface area (Å²) in [7, 11) is 0. The Morgan fingerprint density at radius 3 is 2.65 bits per heavy atom. The van der Waals surface area contributed by atoms with E-state index >= 15 is 0 Å². The van der Waals surface area contributed by atoms with E-state index in [1.807, 2.05) is 13.0 Å². The van der Waals surface area contributed by atoms with Gasteiger partial charge in [0.25, 0.3) is 0 Å². The summed E-state index contributed by atoms with van der Waals surface area (Å²) < 4.78 is 2.36. The van der Waals surface area contributed by atoms with Gasteiger partial charge in [0.2, 0.25) is 0 Å². The zero-order valence-electron chi connectivity index (χ0n) is 12.2. The molecule has 1 N–H and O–H groups in total. The highest BCUT2D eigenvalue weighted by Crippen LogP contribution is 2.31. The molecule has 3 nitrogen and oxygen atoms in total. The van der Waals surface area contributed by atoms with Crippen molar-refractivity contribution in [1.82, 2.24) is 9.55 Å². The molecule has 3 aromatic rings. The lowest BCUT2D eigenvalue weighted by atomic mass is 10.1. The van der Waals surface area contributed by atoms with Gasteiger partial charge in [-0.25, -0.2) is 0 Å². The first-order valence-corrected chi connectivity index (χ1v) is 7.10. The maximum atomic E-state index is 9.38. The van der Waals surface area contributed by atoms with E-state index in [0.29, 0.717) is 5.92 Å². The SMILES string of the molecule is Cc1nc(CO)cc2c3ccccc3n(CC(C)C)c12. The Kier molecular flexibility index (Phi) is 3.22. The van der Waals surface area contributed by atoms with Crippen LogP contribution in [0, 0.1) is 12.8 Å². The fourth-order valence-electron chi connectivity index (χ4n) is 2.97. The van der Waals surface area contributed by atoms with Gasteiger partial charge in [0.1, 0.15) is 0 Å². The van der Waals surface area contributed by atoms with Gasteiger partial charge in [-0.3, -0.25) is 4.98 Å². The minimum absolute atomic E-state index is 0.0134. The molecule has 0 spiro atoms. The van der Waals surface area contributed by atoms with Crippen LogP contribution in [-0.4, -0.2) is 14.7 Å². The van der Waals surface area contributed by atoms with E-state index < -0.39 is 0 Å². The molecular formula is C17H20N2O. The molecular weight excluding hydrogens is 248 g/mol. The van der Waals surface area contributed by atoms with E-state index in [2.05, 4.69) is 47.7 Å². The second kappa shape index (κ2) is 4.91. The normalized spacial score (nSPS) is 11.8. The number of nitrogens with zero attached hydrogens (tertiary/aromatic N) is 2. The highest BCUT2D eigenvalue weighted by atomic mass is 16.3. The van der Waals surface area contributed by atoms with Crippen LogP contribution in [0.1, 0.15) is 25.2 Å². The number of para-hydroxylation sites is 1. The van der Waals surface area contributed by atoms with Crippen molar-refractivity contribution in [2.75, 3.05) is 0 Å². The van der Waals surface area contributed by atoms with Gasteiger partial charge in [0.05, 0.1) is 23.5 Å². The van der Waals surface area contributed by atoms with Crippen LogP contribution in [0.25, 0.3) is 21.8 Å². The van der Waals surface area contributed by atoms with Crippen LogP contribution in [-0.2, 0) is 13.2 Å². The number of hydrogen-bond acceptors (Lipinski definition) is 2. The molecule has 0 fully saturated rings. The zero-order chi connectivity index (χ0) is 14.3. The Labute approximate surface area is 118 Å². The van der Waals surface area contributed by atoms with E-state index in [0.717, 1.165) is 17.9 Å². The summed E-state index contributed by atoms with van der Waals surface area (Å²) in [5, 5.41) is 11.8. The number of aryl methyl sites for hydroxylation is 1. The Morgan fingerprint density at radius 1 is 1.20 bits per heavy atom. The lowest BCUT2D eigenvalue weighted by molar-refractivity contribution is 0.277. The largest absolute Gasteiger partial charge is 0.390 e. The predicted octanol–water partition coefficient (Wildman–Crippen LogP) is 3.65. The number of hydrogen-bond donors (Lipinski definition) is 1. The van der Waals surface area contributed by atoms with Crippen LogP contribution in [0.15, 0.2) is 30.3 Å². The maximum absolute atomic E-state index is 9.38. The van der Waals surface area contributed by atoms with Gasteiger partial charge in [0.15, 0.2) is 0 Å². The molecule has 0 saturated heterocycles. The maximum Gasteiger partial charge on any atom is 0.0853 e. The Bertz CT molecular complexity index is 771. The lowest BCUT2D eigenvalue weighted by Crippen LogP contribution is -2.05. The van der Waals surface area contributed by atoms with Crippen molar-refractivity contribution in [3.8, 4) is 0 Å². The molecule has 0 aliphatic rings. The number of aliphatic hydroxyl groups is 1.